The fourth-order valence-corrected chi connectivity index (χ4v) is 3.78. The van der Waals surface area contributed by atoms with E-state index in [4.69, 9.17) is 0 Å². The Kier molecular flexibility index (Phi) is 5.20. The van der Waals surface area contributed by atoms with E-state index in [1.54, 1.807) is 30.9 Å². The van der Waals surface area contributed by atoms with Crippen LogP contribution in [0.1, 0.15) is 31.1 Å². The first-order valence-electron chi connectivity index (χ1n) is 7.45. The van der Waals surface area contributed by atoms with E-state index < -0.39 is 10.0 Å². The topological polar surface area (TPSA) is 78.5 Å². The number of amides is 1. The Labute approximate surface area is 131 Å². The second-order valence-corrected chi connectivity index (χ2v) is 7.57. The van der Waals surface area contributed by atoms with Gasteiger partial charge in [-0.15, -0.1) is 0 Å². The molecular formula is C15H23N3O3S. The van der Waals surface area contributed by atoms with Crippen molar-refractivity contribution in [1.29, 1.82) is 0 Å². The Bertz CT molecular complexity index is 643. The molecule has 0 radical (unpaired) electrons. The first-order chi connectivity index (χ1) is 10.3. The largest absolute Gasteiger partial charge is 0.333 e. The summed E-state index contributed by atoms with van der Waals surface area (Å²) in [4.78, 5) is 14.5. The summed E-state index contributed by atoms with van der Waals surface area (Å²) in [6.45, 7) is 7.62. The smallest absolute Gasteiger partial charge is 0.254 e. The highest BCUT2D eigenvalue weighted by atomic mass is 32.2. The Balaban J connectivity index is 2.26. The SMILES string of the molecule is CC(C)NS(=O)(=O)c1cccc(C(=O)N2CCNC[C@@H]2C)c1. The van der Waals surface area contributed by atoms with Crippen LogP contribution in [0.4, 0.5) is 0 Å². The van der Waals surface area contributed by atoms with Crippen LogP contribution >= 0.6 is 0 Å². The highest BCUT2D eigenvalue weighted by Gasteiger charge is 2.25. The third kappa shape index (κ3) is 3.85. The Morgan fingerprint density at radius 2 is 2.14 bits per heavy atom. The van der Waals surface area contributed by atoms with Gasteiger partial charge in [0.05, 0.1) is 4.90 Å². The molecule has 7 heteroatoms. The van der Waals surface area contributed by atoms with Crippen LogP contribution in [-0.2, 0) is 10.0 Å². The standard InChI is InChI=1S/C15H23N3O3S/c1-11(2)17-22(20,21)14-6-4-5-13(9-14)15(19)18-8-7-16-10-12(18)3/h4-6,9,11-12,16-17H,7-8,10H2,1-3H3/t12-/m0/s1. The van der Waals surface area contributed by atoms with E-state index >= 15 is 0 Å². The van der Waals surface area contributed by atoms with E-state index in [2.05, 4.69) is 10.0 Å². The maximum Gasteiger partial charge on any atom is 0.254 e. The maximum absolute atomic E-state index is 12.6. The molecule has 22 heavy (non-hydrogen) atoms. The van der Waals surface area contributed by atoms with Gasteiger partial charge in [0, 0.05) is 37.3 Å². The van der Waals surface area contributed by atoms with Crippen molar-refractivity contribution in [1.82, 2.24) is 14.9 Å². The molecule has 1 saturated heterocycles. The number of piperazine rings is 1. The van der Waals surface area contributed by atoms with Crippen LogP contribution in [0.15, 0.2) is 29.2 Å². The third-order valence-electron chi connectivity index (χ3n) is 3.54. The molecule has 6 nitrogen and oxygen atoms in total. The predicted molar refractivity (Wildman–Crippen MR) is 85.3 cm³/mol. The Hall–Kier alpha value is -1.44. The summed E-state index contributed by atoms with van der Waals surface area (Å²) in [7, 11) is -3.59. The van der Waals surface area contributed by atoms with Crippen molar-refractivity contribution in [2.24, 2.45) is 0 Å². The van der Waals surface area contributed by atoms with Crippen LogP contribution in [0, 0.1) is 0 Å². The monoisotopic (exact) mass is 325 g/mol. The zero-order chi connectivity index (χ0) is 16.3. The number of hydrogen-bond donors (Lipinski definition) is 2. The number of carbonyl (C=O) groups is 1. The number of nitrogens with zero attached hydrogens (tertiary/aromatic N) is 1. The van der Waals surface area contributed by atoms with Gasteiger partial charge in [-0.3, -0.25) is 4.79 Å². The second kappa shape index (κ2) is 6.76. The predicted octanol–water partition coefficient (Wildman–Crippen LogP) is 0.807. The lowest BCUT2D eigenvalue weighted by molar-refractivity contribution is 0.0655. The van der Waals surface area contributed by atoms with Gasteiger partial charge < -0.3 is 10.2 Å². The van der Waals surface area contributed by atoms with Crippen LogP contribution < -0.4 is 10.0 Å². The van der Waals surface area contributed by atoms with Crippen LogP contribution in [0.2, 0.25) is 0 Å². The lowest BCUT2D eigenvalue weighted by atomic mass is 10.1. The van der Waals surface area contributed by atoms with Crippen molar-refractivity contribution in [3.8, 4) is 0 Å². The van der Waals surface area contributed by atoms with E-state index in [0.717, 1.165) is 13.1 Å². The molecular weight excluding hydrogens is 302 g/mol. The molecule has 1 aromatic carbocycles. The quantitative estimate of drug-likeness (QED) is 0.858. The molecule has 1 aromatic rings. The summed E-state index contributed by atoms with van der Waals surface area (Å²) in [5, 5.41) is 3.23. The molecule has 0 aliphatic carbocycles. The zero-order valence-electron chi connectivity index (χ0n) is 13.2. The molecule has 1 fully saturated rings. The molecule has 1 amide bonds. The molecule has 2 rings (SSSR count). The van der Waals surface area contributed by atoms with Crippen molar-refractivity contribution in [2.45, 2.75) is 37.8 Å². The second-order valence-electron chi connectivity index (χ2n) is 5.86. The fraction of sp³-hybridized carbons (Fsp3) is 0.533. The van der Waals surface area contributed by atoms with E-state index in [9.17, 15) is 13.2 Å². The van der Waals surface area contributed by atoms with Gasteiger partial charge in [-0.1, -0.05) is 6.07 Å². The lowest BCUT2D eigenvalue weighted by Crippen LogP contribution is -2.52. The number of rotatable bonds is 4. The summed E-state index contributed by atoms with van der Waals surface area (Å²) in [5.74, 6) is -0.129. The van der Waals surface area contributed by atoms with Crippen molar-refractivity contribution >= 4 is 15.9 Å². The maximum atomic E-state index is 12.6. The molecule has 1 heterocycles. The Morgan fingerprint density at radius 3 is 2.77 bits per heavy atom. The molecule has 0 unspecified atom stereocenters. The average molecular weight is 325 g/mol. The van der Waals surface area contributed by atoms with Crippen molar-refractivity contribution < 1.29 is 13.2 Å². The van der Waals surface area contributed by atoms with Gasteiger partial charge in [0.25, 0.3) is 5.91 Å². The van der Waals surface area contributed by atoms with Gasteiger partial charge in [0.1, 0.15) is 0 Å². The van der Waals surface area contributed by atoms with Gasteiger partial charge in [0.2, 0.25) is 10.0 Å². The number of hydrogen-bond acceptors (Lipinski definition) is 4. The third-order valence-corrected chi connectivity index (χ3v) is 5.20. The number of nitrogens with one attached hydrogen (secondary N) is 2. The van der Waals surface area contributed by atoms with Gasteiger partial charge in [-0.25, -0.2) is 13.1 Å². The van der Waals surface area contributed by atoms with Gasteiger partial charge in [0.15, 0.2) is 0 Å². The first-order valence-corrected chi connectivity index (χ1v) is 8.93. The van der Waals surface area contributed by atoms with E-state index in [-0.39, 0.29) is 22.9 Å². The molecule has 1 aliphatic heterocycles. The fourth-order valence-electron chi connectivity index (χ4n) is 2.48. The van der Waals surface area contributed by atoms with Crippen LogP contribution in [0.5, 0.6) is 0 Å². The first kappa shape index (κ1) is 16.9. The zero-order valence-corrected chi connectivity index (χ0v) is 14.0. The molecule has 2 N–H and O–H groups in total. The van der Waals surface area contributed by atoms with Gasteiger partial charge >= 0.3 is 0 Å². The minimum absolute atomic E-state index is 0.0929. The van der Waals surface area contributed by atoms with Gasteiger partial charge in [-0.05, 0) is 39.0 Å². The van der Waals surface area contributed by atoms with Crippen molar-refractivity contribution in [3.05, 3.63) is 29.8 Å². The van der Waals surface area contributed by atoms with Crippen LogP contribution in [-0.4, -0.2) is 50.9 Å². The normalized spacial score (nSPS) is 19.5. The number of benzene rings is 1. The van der Waals surface area contributed by atoms with E-state index in [0.29, 0.717) is 12.1 Å². The summed E-state index contributed by atoms with van der Waals surface area (Å²) in [6.07, 6.45) is 0. The lowest BCUT2D eigenvalue weighted by Gasteiger charge is -2.34. The van der Waals surface area contributed by atoms with Crippen LogP contribution in [0.3, 0.4) is 0 Å². The van der Waals surface area contributed by atoms with Crippen molar-refractivity contribution in [3.63, 3.8) is 0 Å². The van der Waals surface area contributed by atoms with Gasteiger partial charge in [-0.2, -0.15) is 0 Å². The molecule has 0 bridgehead atoms. The molecule has 122 valence electrons. The molecule has 0 spiro atoms. The highest BCUT2D eigenvalue weighted by Crippen LogP contribution is 2.15. The molecule has 1 aliphatic rings. The summed E-state index contributed by atoms with van der Waals surface area (Å²) in [5.41, 5.74) is 0.403. The summed E-state index contributed by atoms with van der Waals surface area (Å²) >= 11 is 0. The minimum atomic E-state index is -3.59. The average Bonchev–Trinajstić information content (AvgIpc) is 2.46. The minimum Gasteiger partial charge on any atom is -0.333 e. The van der Waals surface area contributed by atoms with Crippen molar-refractivity contribution in [2.75, 3.05) is 19.6 Å². The van der Waals surface area contributed by atoms with E-state index in [1.165, 1.54) is 12.1 Å². The molecule has 0 saturated carbocycles. The summed E-state index contributed by atoms with van der Waals surface area (Å²) < 4.78 is 27.0. The Morgan fingerprint density at radius 1 is 1.41 bits per heavy atom. The number of sulfonamides is 1. The summed E-state index contributed by atoms with van der Waals surface area (Å²) in [6, 6.07) is 6.11. The molecule has 0 aromatic heterocycles. The number of carbonyl (C=O) groups excluding carboxylic acids is 1. The van der Waals surface area contributed by atoms with E-state index in [1.807, 2.05) is 6.92 Å². The molecule has 1 atom stereocenters. The van der Waals surface area contributed by atoms with Crippen LogP contribution in [0.25, 0.3) is 0 Å². The highest BCUT2D eigenvalue weighted by molar-refractivity contribution is 7.89.